The van der Waals surface area contributed by atoms with E-state index >= 15 is 0 Å². The zero-order valence-corrected chi connectivity index (χ0v) is 12.7. The van der Waals surface area contributed by atoms with E-state index in [9.17, 15) is 10.1 Å². The highest BCUT2D eigenvalue weighted by atomic mass is 16.6. The number of rotatable bonds is 4. The zero-order chi connectivity index (χ0) is 15.6. The average Bonchev–Trinajstić information content (AvgIpc) is 2.47. The van der Waals surface area contributed by atoms with Crippen LogP contribution in [0.25, 0.3) is 0 Å². The second-order valence-corrected chi connectivity index (χ2v) is 5.52. The lowest BCUT2D eigenvalue weighted by atomic mass is 10.0. The Hall–Kier alpha value is -2.02. The van der Waals surface area contributed by atoms with Gasteiger partial charge >= 0.3 is 0 Å². The largest absolute Gasteiger partial charge is 0.495 e. The molecule has 1 aromatic rings. The van der Waals surface area contributed by atoms with E-state index in [4.69, 9.17) is 10.5 Å². The van der Waals surface area contributed by atoms with Gasteiger partial charge in [0.1, 0.15) is 11.4 Å². The second-order valence-electron chi connectivity index (χ2n) is 5.52. The number of nitrogens with zero attached hydrogens (tertiary/aromatic N) is 3. The first-order valence-corrected chi connectivity index (χ1v) is 6.97. The minimum atomic E-state index is -0.386. The fourth-order valence-corrected chi connectivity index (χ4v) is 2.77. The standard InChI is InChI=1S/C14H22N4O3/c1-16(2)10-4-6-17(7-5-10)12-9-14(21-3)11(15)8-13(12)18(19)20/h8-10H,4-7,15H2,1-3H3. The number of anilines is 2. The third-order valence-corrected chi connectivity index (χ3v) is 4.06. The molecule has 2 rings (SSSR count). The maximum atomic E-state index is 11.3. The van der Waals surface area contributed by atoms with Gasteiger partial charge in [-0.05, 0) is 26.9 Å². The molecule has 1 aliphatic rings. The van der Waals surface area contributed by atoms with Crippen molar-refractivity contribution >= 4 is 17.1 Å². The highest BCUT2D eigenvalue weighted by Crippen LogP contribution is 2.38. The van der Waals surface area contributed by atoms with Crippen molar-refractivity contribution in [2.24, 2.45) is 0 Å². The fourth-order valence-electron chi connectivity index (χ4n) is 2.77. The maximum Gasteiger partial charge on any atom is 0.294 e. The maximum absolute atomic E-state index is 11.3. The van der Waals surface area contributed by atoms with Crippen molar-refractivity contribution < 1.29 is 9.66 Å². The Kier molecular flexibility index (Phi) is 4.52. The molecule has 1 aromatic carbocycles. The number of nitro groups is 1. The Bertz CT molecular complexity index is 525. The van der Waals surface area contributed by atoms with Crippen molar-refractivity contribution in [3.8, 4) is 5.75 Å². The molecule has 0 aromatic heterocycles. The van der Waals surface area contributed by atoms with Crippen molar-refractivity contribution in [1.82, 2.24) is 4.90 Å². The summed E-state index contributed by atoms with van der Waals surface area (Å²) in [6.45, 7) is 1.58. The molecule has 1 heterocycles. The van der Waals surface area contributed by atoms with Crippen LogP contribution in [0.5, 0.6) is 5.75 Å². The van der Waals surface area contributed by atoms with Crippen LogP contribution in [0.3, 0.4) is 0 Å². The SMILES string of the molecule is COc1cc(N2CCC(N(C)C)CC2)c([N+](=O)[O-])cc1N. The number of benzene rings is 1. The molecule has 0 amide bonds. The Morgan fingerprint density at radius 2 is 2.00 bits per heavy atom. The summed E-state index contributed by atoms with van der Waals surface area (Å²) in [6.07, 6.45) is 1.97. The molecular formula is C14H22N4O3. The van der Waals surface area contributed by atoms with Crippen molar-refractivity contribution in [3.63, 3.8) is 0 Å². The minimum absolute atomic E-state index is 0.0385. The quantitative estimate of drug-likeness (QED) is 0.517. The fraction of sp³-hybridized carbons (Fsp3) is 0.571. The molecule has 7 heteroatoms. The van der Waals surface area contributed by atoms with E-state index in [0.717, 1.165) is 25.9 Å². The molecule has 116 valence electrons. The van der Waals surface area contributed by atoms with Gasteiger partial charge < -0.3 is 20.3 Å². The van der Waals surface area contributed by atoms with E-state index in [2.05, 4.69) is 19.0 Å². The number of ether oxygens (including phenoxy) is 1. The molecule has 0 bridgehead atoms. The van der Waals surface area contributed by atoms with E-state index < -0.39 is 0 Å². The van der Waals surface area contributed by atoms with Crippen LogP contribution in [0.1, 0.15) is 12.8 Å². The smallest absolute Gasteiger partial charge is 0.294 e. The monoisotopic (exact) mass is 294 g/mol. The van der Waals surface area contributed by atoms with Gasteiger partial charge in [-0.15, -0.1) is 0 Å². The number of methoxy groups -OCH3 is 1. The average molecular weight is 294 g/mol. The molecule has 7 nitrogen and oxygen atoms in total. The molecule has 0 unspecified atom stereocenters. The Morgan fingerprint density at radius 3 is 2.48 bits per heavy atom. The first kappa shape index (κ1) is 15.4. The summed E-state index contributed by atoms with van der Waals surface area (Å²) in [5.41, 5.74) is 6.69. The summed E-state index contributed by atoms with van der Waals surface area (Å²) in [5.74, 6) is 0.477. The van der Waals surface area contributed by atoms with Gasteiger partial charge in [-0.25, -0.2) is 0 Å². The molecule has 0 aliphatic carbocycles. The molecule has 0 atom stereocenters. The van der Waals surface area contributed by atoms with E-state index in [-0.39, 0.29) is 16.3 Å². The van der Waals surface area contributed by atoms with Crippen molar-refractivity contribution in [2.75, 3.05) is 44.9 Å². The number of hydrogen-bond acceptors (Lipinski definition) is 6. The molecule has 1 aliphatic heterocycles. The number of hydrogen-bond donors (Lipinski definition) is 1. The van der Waals surface area contributed by atoms with Gasteiger partial charge in [0.2, 0.25) is 0 Å². The van der Waals surface area contributed by atoms with Gasteiger partial charge in [-0.3, -0.25) is 10.1 Å². The number of nitro benzene ring substituents is 1. The van der Waals surface area contributed by atoms with Gasteiger partial charge in [0.05, 0.1) is 17.7 Å². The first-order valence-electron chi connectivity index (χ1n) is 6.97. The molecule has 0 saturated carbocycles. The normalized spacial score (nSPS) is 16.3. The van der Waals surface area contributed by atoms with Crippen LogP contribution >= 0.6 is 0 Å². The van der Waals surface area contributed by atoms with Crippen molar-refractivity contribution in [2.45, 2.75) is 18.9 Å². The lowest BCUT2D eigenvalue weighted by molar-refractivity contribution is -0.384. The molecule has 0 spiro atoms. The Balaban J connectivity index is 2.28. The van der Waals surface area contributed by atoms with Crippen LogP contribution in [-0.4, -0.2) is 50.2 Å². The predicted molar refractivity (Wildman–Crippen MR) is 83.0 cm³/mol. The summed E-state index contributed by atoms with van der Waals surface area (Å²) in [6, 6.07) is 3.58. The molecule has 21 heavy (non-hydrogen) atoms. The zero-order valence-electron chi connectivity index (χ0n) is 12.7. The molecule has 1 fully saturated rings. The molecule has 0 radical (unpaired) electrons. The van der Waals surface area contributed by atoms with Crippen LogP contribution in [0, 0.1) is 10.1 Å². The summed E-state index contributed by atoms with van der Waals surface area (Å²) >= 11 is 0. The molecule has 1 saturated heterocycles. The van der Waals surface area contributed by atoms with E-state index in [1.54, 1.807) is 6.07 Å². The van der Waals surface area contributed by atoms with Crippen LogP contribution in [0.15, 0.2) is 12.1 Å². The van der Waals surface area contributed by atoms with Gasteiger partial charge in [-0.2, -0.15) is 0 Å². The summed E-state index contributed by atoms with van der Waals surface area (Å²) < 4.78 is 5.19. The van der Waals surface area contributed by atoms with Crippen LogP contribution in [0.4, 0.5) is 17.1 Å². The number of nitrogens with two attached hydrogens (primary N) is 1. The second kappa shape index (κ2) is 6.17. The third kappa shape index (κ3) is 3.18. The van der Waals surface area contributed by atoms with Crippen LogP contribution in [0.2, 0.25) is 0 Å². The van der Waals surface area contributed by atoms with Gasteiger partial charge in [-0.1, -0.05) is 0 Å². The minimum Gasteiger partial charge on any atom is -0.495 e. The van der Waals surface area contributed by atoms with E-state index in [1.807, 2.05) is 4.90 Å². The number of piperidine rings is 1. The van der Waals surface area contributed by atoms with E-state index in [0.29, 0.717) is 17.5 Å². The predicted octanol–water partition coefficient (Wildman–Crippen LogP) is 1.72. The molecule has 2 N–H and O–H groups in total. The van der Waals surface area contributed by atoms with Gasteiger partial charge in [0.15, 0.2) is 0 Å². The lowest BCUT2D eigenvalue weighted by Gasteiger charge is -2.36. The van der Waals surface area contributed by atoms with Gasteiger partial charge in [0, 0.05) is 31.3 Å². The molecular weight excluding hydrogens is 272 g/mol. The van der Waals surface area contributed by atoms with Crippen LogP contribution in [-0.2, 0) is 0 Å². The highest BCUT2D eigenvalue weighted by molar-refractivity contribution is 5.73. The van der Waals surface area contributed by atoms with E-state index in [1.165, 1.54) is 13.2 Å². The van der Waals surface area contributed by atoms with Crippen LogP contribution < -0.4 is 15.4 Å². The topological polar surface area (TPSA) is 84.9 Å². The number of nitrogen functional groups attached to an aromatic ring is 1. The van der Waals surface area contributed by atoms with Crippen molar-refractivity contribution in [1.29, 1.82) is 0 Å². The first-order chi connectivity index (χ1) is 9.93. The summed E-state index contributed by atoms with van der Waals surface area (Å²) in [4.78, 5) is 15.1. The summed E-state index contributed by atoms with van der Waals surface area (Å²) in [7, 11) is 5.64. The highest BCUT2D eigenvalue weighted by Gasteiger charge is 2.27. The Labute approximate surface area is 124 Å². The Morgan fingerprint density at radius 1 is 1.38 bits per heavy atom. The summed E-state index contributed by atoms with van der Waals surface area (Å²) in [5, 5.41) is 11.3. The lowest BCUT2D eigenvalue weighted by Crippen LogP contribution is -2.42. The third-order valence-electron chi connectivity index (χ3n) is 4.06. The van der Waals surface area contributed by atoms with Gasteiger partial charge in [0.25, 0.3) is 5.69 Å². The van der Waals surface area contributed by atoms with Crippen molar-refractivity contribution in [3.05, 3.63) is 22.2 Å².